The highest BCUT2D eigenvalue weighted by molar-refractivity contribution is 5.98. The van der Waals surface area contributed by atoms with Crippen LogP contribution < -0.4 is 28.4 Å². The Bertz CT molecular complexity index is 6220. The first-order valence-electron chi connectivity index (χ1n) is 55.5. The molecule has 0 aromatic heterocycles. The van der Waals surface area contributed by atoms with E-state index in [9.17, 15) is 90.0 Å². The molecule has 0 unspecified atom stereocenters. The average molecular weight is 2070 g/mol. The monoisotopic (exact) mass is 2070 g/mol. The van der Waals surface area contributed by atoms with E-state index < -0.39 is 52.6 Å². The molecule has 12 N–H and O–H groups in total. The summed E-state index contributed by atoms with van der Waals surface area (Å²) in [6.07, 6.45) is 40.3. The fourth-order valence-corrected chi connectivity index (χ4v) is 26.7. The van der Waals surface area contributed by atoms with Crippen molar-refractivity contribution in [2.24, 2.45) is 35.5 Å². The molecule has 0 bridgehead atoms. The highest BCUT2D eigenvalue weighted by Crippen LogP contribution is 2.63. The number of hydrogen-bond donors (Lipinski definition) is 12. The van der Waals surface area contributed by atoms with E-state index in [1.165, 1.54) is 33.4 Å². The number of ether oxygens (including phenoxy) is 6. The van der Waals surface area contributed by atoms with Crippen LogP contribution in [0.5, 0.6) is 69.0 Å². The summed E-state index contributed by atoms with van der Waals surface area (Å²) in [5, 5.41) is 123. The van der Waals surface area contributed by atoms with E-state index in [4.69, 9.17) is 28.4 Å². The summed E-state index contributed by atoms with van der Waals surface area (Å²) >= 11 is 0. The lowest BCUT2D eigenvalue weighted by atomic mass is 9.67. The minimum Gasteiger partial charge on any atom is -0.507 e. The number of allylic oxidation sites excluding steroid dienone is 12. The summed E-state index contributed by atoms with van der Waals surface area (Å²) in [7, 11) is 0. The summed E-state index contributed by atoms with van der Waals surface area (Å²) in [4.78, 5) is 71.5. The van der Waals surface area contributed by atoms with Crippen molar-refractivity contribution in [1.29, 1.82) is 0 Å². The molecule has 12 aliphatic rings. The number of rotatable bonds is 24. The van der Waals surface area contributed by atoms with Gasteiger partial charge in [0.05, 0.1) is 0 Å². The molecule has 6 aliphatic carbocycles. The maximum Gasteiger partial charge on any atom is 0.339 e. The van der Waals surface area contributed by atoms with E-state index in [1.807, 2.05) is 73.6 Å². The third-order valence-corrected chi connectivity index (χ3v) is 34.4. The van der Waals surface area contributed by atoms with Gasteiger partial charge in [-0.1, -0.05) is 163 Å². The molecule has 0 saturated carbocycles. The third kappa shape index (κ3) is 23.7. The minimum atomic E-state index is -1.07. The second-order valence-corrected chi connectivity index (χ2v) is 47.8. The van der Waals surface area contributed by atoms with Gasteiger partial charge in [-0.2, -0.15) is 0 Å². The predicted octanol–water partition coefficient (Wildman–Crippen LogP) is 30.3. The van der Waals surface area contributed by atoms with Crippen LogP contribution in [0.25, 0.3) is 0 Å². The molecule has 6 aromatic rings. The quantitative estimate of drug-likeness (QED) is 0.0198. The highest BCUT2D eigenvalue weighted by Gasteiger charge is 2.55. The van der Waals surface area contributed by atoms with Gasteiger partial charge in [-0.25, -0.2) is 28.8 Å². The van der Waals surface area contributed by atoms with Crippen LogP contribution in [0.1, 0.15) is 485 Å². The zero-order valence-electron chi connectivity index (χ0n) is 93.3. The summed E-state index contributed by atoms with van der Waals surface area (Å²) in [6.45, 7) is 49.7. The molecule has 0 amide bonds. The van der Waals surface area contributed by atoms with Crippen LogP contribution in [0.15, 0.2) is 106 Å². The Morgan fingerprint density at radius 3 is 0.640 bits per heavy atom. The molecule has 816 valence electrons. The van der Waals surface area contributed by atoms with Gasteiger partial charge in [0.1, 0.15) is 136 Å². The zero-order valence-corrected chi connectivity index (χ0v) is 93.3. The first kappa shape index (κ1) is 115. The van der Waals surface area contributed by atoms with Crippen LogP contribution >= 0.6 is 0 Å². The van der Waals surface area contributed by atoms with Gasteiger partial charge >= 0.3 is 35.8 Å². The van der Waals surface area contributed by atoms with Crippen LogP contribution in [-0.4, -0.2) is 131 Å². The van der Waals surface area contributed by atoms with E-state index in [2.05, 4.69) is 147 Å². The Balaban J connectivity index is 0.000000150. The number of aromatic hydroxyl groups is 6. The second-order valence-electron chi connectivity index (χ2n) is 47.8. The van der Waals surface area contributed by atoms with Gasteiger partial charge < -0.3 is 89.7 Å². The average Bonchev–Trinajstić information content (AvgIpc) is 0.810. The number of fused-ring (bicyclic) bond motifs is 18. The summed E-state index contributed by atoms with van der Waals surface area (Å²) < 4.78 is 37.6. The molecule has 150 heavy (non-hydrogen) atoms. The normalized spacial score (nSPS) is 23.9. The Labute approximate surface area is 888 Å². The van der Waals surface area contributed by atoms with E-state index in [-0.39, 0.29) is 156 Å². The number of carboxylic acid groups (broad SMARTS) is 6. The number of aromatic carboxylic acids is 6. The number of hydrogen-bond acceptors (Lipinski definition) is 18. The van der Waals surface area contributed by atoms with Crippen molar-refractivity contribution in [1.82, 2.24) is 0 Å². The number of benzene rings is 6. The van der Waals surface area contributed by atoms with E-state index in [0.29, 0.717) is 140 Å². The predicted molar refractivity (Wildman–Crippen MR) is 586 cm³/mol. The molecular formula is C126H168O24. The molecule has 6 heterocycles. The van der Waals surface area contributed by atoms with E-state index in [0.717, 1.165) is 154 Å². The topological polar surface area (TPSA) is 401 Å². The molecule has 12 atom stereocenters. The maximum atomic E-state index is 12.1. The van der Waals surface area contributed by atoms with E-state index >= 15 is 0 Å². The molecule has 0 fully saturated rings. The summed E-state index contributed by atoms with van der Waals surface area (Å²) in [5.74, 6) is -1.47. The van der Waals surface area contributed by atoms with E-state index in [1.54, 1.807) is 18.2 Å². The van der Waals surface area contributed by atoms with Crippen molar-refractivity contribution in [3.63, 3.8) is 0 Å². The highest BCUT2D eigenvalue weighted by atomic mass is 16.5. The largest absolute Gasteiger partial charge is 0.507 e. The molecule has 18 rings (SSSR count). The molecule has 6 aliphatic heterocycles. The SMILES string of the molecule is CCCCCc1cc(O)c2c(c1C(=O)O)OC(C)(C)[C@@H]1CCC(C)=C[C@@H]21.CCCCCc1cc2c(c(O)c1C(=O)O)[C@@H]1C=C(C)CC[C@H]1C(C)(C)O2.CCCCc1cc(O)c2c(c1C(=O)O)OC(C)(C)[C@@H]1CCC(C)=C[C@@H]21.CCCCc1cc2c(c(O)c1C(=O)O)[C@@H]1C=C(C)CC[C@H]1C(C)(C)O2.CCCc1cc(O)c2c(c1C(=O)O)OC(C)(C)[C@@H]1CCC(C)=C[C@@H]21.CCCc1cc2c(c(O)c1C(=O)O)[C@@H]1C=C(C)CC[C@H]1C(C)(C)O2. The number of unbranched alkanes of at least 4 members (excludes halogenated alkanes) is 6. The van der Waals surface area contributed by atoms with Crippen LogP contribution in [0, 0.1) is 35.5 Å². The van der Waals surface area contributed by atoms with Gasteiger partial charge in [0, 0.05) is 104 Å². The Morgan fingerprint density at radius 1 is 0.247 bits per heavy atom. The number of phenolic OH excluding ortho intramolecular Hbond substituents is 3. The number of aryl methyl sites for hydroxylation is 6. The molecule has 24 nitrogen and oxygen atoms in total. The summed E-state index contributed by atoms with van der Waals surface area (Å²) in [5.41, 5.74) is 14.0. The lowest BCUT2D eigenvalue weighted by Gasteiger charge is -2.47. The van der Waals surface area contributed by atoms with Gasteiger partial charge in [0.2, 0.25) is 0 Å². The molecule has 0 radical (unpaired) electrons. The molecule has 24 heteroatoms. The van der Waals surface area contributed by atoms with Crippen molar-refractivity contribution >= 4 is 35.8 Å². The molecule has 6 aromatic carbocycles. The first-order valence-corrected chi connectivity index (χ1v) is 55.5. The van der Waals surface area contributed by atoms with Gasteiger partial charge in [0.15, 0.2) is 0 Å². The fourth-order valence-electron chi connectivity index (χ4n) is 26.7. The molecular weight excluding hydrogens is 1900 g/mol. The van der Waals surface area contributed by atoms with Crippen molar-refractivity contribution in [3.05, 3.63) is 206 Å². The lowest BCUT2D eigenvalue weighted by molar-refractivity contribution is 0.00862. The van der Waals surface area contributed by atoms with Gasteiger partial charge in [-0.05, 0) is 336 Å². The zero-order chi connectivity index (χ0) is 110. The standard InChI is InChI=1S/2C22H30O4.2C21H28O4.2C20H26O4/c1-5-6-7-8-14-12-17-19(20(23)18(14)21(24)25)15-11-13(2)9-10-16(15)22(3,4)26-17;1-5-6-7-8-14-12-17(23)19-15-11-13(2)9-10-16(15)22(3,4)26-20(19)18(14)21(24)25;1-5-6-7-13-11-16-18(19(22)17(13)20(23)24)14-10-12(2)8-9-15(14)21(3,4)25-16;1-5-6-7-13-11-16(22)18-14-10-12(2)8-9-15(14)21(3,4)25-19(18)17(13)20(23)24;1-5-6-12-10-15-17(18(21)16(12)19(22)23)13-9-11(2)7-8-14(13)20(3,4)24-15;1-5-6-12-10-15(21)17-13-9-11(2)7-8-14(13)20(3,4)24-18(17)16(12)19(22)23/h2*11-12,15-16,23H,5-10H2,1-4H3,(H,24,25);2*10-11,14-15,22H,5-9H2,1-4H3,(H,23,24);2*9-10,13-14,21H,5-8H2,1-4H3,(H,22,23)/t2*15-,16-;2*14-,15-;2*13-,14-/m111111/s1. The van der Waals surface area contributed by atoms with Crippen LogP contribution in [0.4, 0.5) is 0 Å². The van der Waals surface area contributed by atoms with Gasteiger partial charge in [-0.3, -0.25) is 0 Å². The van der Waals surface area contributed by atoms with Crippen LogP contribution in [0.3, 0.4) is 0 Å². The lowest BCUT2D eigenvalue weighted by Crippen LogP contribution is -2.45. The van der Waals surface area contributed by atoms with Gasteiger partial charge in [-0.15, -0.1) is 0 Å². The second kappa shape index (κ2) is 46.4. The maximum absolute atomic E-state index is 12.1. The molecule has 0 spiro atoms. The number of carboxylic acids is 6. The summed E-state index contributed by atoms with van der Waals surface area (Å²) in [6, 6.07) is 10.5. The van der Waals surface area contributed by atoms with Gasteiger partial charge in [0.25, 0.3) is 0 Å². The minimum absolute atomic E-state index is 0.00490. The Kier molecular flexibility index (Phi) is 35.7. The third-order valence-electron chi connectivity index (χ3n) is 34.4. The smallest absolute Gasteiger partial charge is 0.339 e. The first-order chi connectivity index (χ1) is 70.5. The molecule has 0 saturated heterocycles. The van der Waals surface area contributed by atoms with Crippen molar-refractivity contribution in [3.8, 4) is 69.0 Å². The van der Waals surface area contributed by atoms with Crippen molar-refractivity contribution < 1.29 is 118 Å². The Hall–Kier alpha value is -11.8. The number of phenols is 6. The van der Waals surface area contributed by atoms with Crippen LogP contribution in [-0.2, 0) is 38.5 Å². The van der Waals surface area contributed by atoms with Crippen molar-refractivity contribution in [2.45, 2.75) is 428 Å². The van der Waals surface area contributed by atoms with Crippen molar-refractivity contribution in [2.75, 3.05) is 0 Å². The Morgan fingerprint density at radius 2 is 0.433 bits per heavy atom. The van der Waals surface area contributed by atoms with Crippen LogP contribution in [0.2, 0.25) is 0 Å². The number of carbonyl (C=O) groups is 6. The fraction of sp³-hybridized carbons (Fsp3) is 0.571.